The summed E-state index contributed by atoms with van der Waals surface area (Å²) in [6.45, 7) is 0. The smallest absolute Gasteiger partial charge is 0.225 e. The lowest BCUT2D eigenvalue weighted by atomic mass is 9.94. The maximum atomic E-state index is 9.88. The highest BCUT2D eigenvalue weighted by molar-refractivity contribution is 7.19. The minimum atomic E-state index is -0.678. The summed E-state index contributed by atoms with van der Waals surface area (Å²) < 4.78 is 6.28. The van der Waals surface area contributed by atoms with Gasteiger partial charge in [0.25, 0.3) is 0 Å². The third-order valence-electron chi connectivity index (χ3n) is 5.24. The van der Waals surface area contributed by atoms with E-state index in [4.69, 9.17) is 10.1 Å². The minimum Gasteiger partial charge on any atom is -0.474 e. The van der Waals surface area contributed by atoms with Crippen LogP contribution in [-0.2, 0) is 6.42 Å². The average Bonchev–Trinajstić information content (AvgIpc) is 3.16. The number of nitrogens with one attached hydrogen (secondary N) is 1. The molecule has 2 atom stereocenters. The molecule has 0 saturated heterocycles. The number of hydrogen-bond acceptors (Lipinski definition) is 6. The van der Waals surface area contributed by atoms with Crippen molar-refractivity contribution in [1.82, 2.24) is 9.97 Å². The molecule has 0 spiro atoms. The van der Waals surface area contributed by atoms with E-state index >= 15 is 0 Å². The van der Waals surface area contributed by atoms with E-state index in [2.05, 4.69) is 9.97 Å². The first-order valence-corrected chi connectivity index (χ1v) is 9.69. The van der Waals surface area contributed by atoms with Gasteiger partial charge in [0.1, 0.15) is 17.3 Å². The molecular formula is C18H23N3O2S. The number of aliphatic hydroxyl groups excluding tert-OH is 1. The lowest BCUT2D eigenvalue weighted by Crippen LogP contribution is -2.20. The zero-order valence-corrected chi connectivity index (χ0v) is 14.5. The third-order valence-corrected chi connectivity index (χ3v) is 6.42. The largest absolute Gasteiger partial charge is 0.474 e. The summed E-state index contributed by atoms with van der Waals surface area (Å²) in [6.07, 6.45) is 10.9. The molecule has 0 bridgehead atoms. The van der Waals surface area contributed by atoms with Gasteiger partial charge in [-0.2, -0.15) is 0 Å². The van der Waals surface area contributed by atoms with E-state index < -0.39 is 6.10 Å². The number of nitrogens with zero attached hydrogens (tertiary/aromatic N) is 2. The fourth-order valence-electron chi connectivity index (χ4n) is 4.07. The summed E-state index contributed by atoms with van der Waals surface area (Å²) in [5.41, 5.74) is 1.27. The molecule has 0 amide bonds. The molecule has 128 valence electrons. The molecule has 1 unspecified atom stereocenters. The molecule has 2 aromatic heterocycles. The maximum absolute atomic E-state index is 9.88. The van der Waals surface area contributed by atoms with Gasteiger partial charge in [-0.3, -0.25) is 0 Å². The molecule has 2 heterocycles. The fraction of sp³-hybridized carbons (Fsp3) is 0.611. The van der Waals surface area contributed by atoms with Crippen LogP contribution in [0.1, 0.15) is 61.3 Å². The number of aliphatic hydroxyl groups is 1. The van der Waals surface area contributed by atoms with Gasteiger partial charge in [0.05, 0.1) is 11.5 Å². The number of thiophene rings is 1. The van der Waals surface area contributed by atoms with Crippen LogP contribution in [0.5, 0.6) is 5.88 Å². The Balaban J connectivity index is 1.69. The minimum absolute atomic E-state index is 0.263. The highest BCUT2D eigenvalue weighted by Crippen LogP contribution is 2.47. The molecule has 0 radical (unpaired) electrons. The van der Waals surface area contributed by atoms with Crippen LogP contribution in [0, 0.1) is 5.41 Å². The zero-order chi connectivity index (χ0) is 16.5. The van der Waals surface area contributed by atoms with Crippen LogP contribution in [-0.4, -0.2) is 33.5 Å². The lowest BCUT2D eigenvalue weighted by Gasteiger charge is -2.23. The number of fused-ring (bicyclic) bond motifs is 3. The Morgan fingerprint density at radius 3 is 2.92 bits per heavy atom. The SMILES string of the molecule is N=CC(O)C[C@H]1CCc2sc3ncnc(OC4CCCCC4)c3c21. The van der Waals surface area contributed by atoms with Crippen molar-refractivity contribution >= 4 is 27.8 Å². The van der Waals surface area contributed by atoms with Gasteiger partial charge in [-0.1, -0.05) is 6.42 Å². The van der Waals surface area contributed by atoms with Crippen molar-refractivity contribution in [3.05, 3.63) is 16.8 Å². The van der Waals surface area contributed by atoms with Crippen molar-refractivity contribution < 1.29 is 9.84 Å². The summed E-state index contributed by atoms with van der Waals surface area (Å²) in [6, 6.07) is 0. The number of ether oxygens (including phenoxy) is 1. The van der Waals surface area contributed by atoms with Gasteiger partial charge in [-0.15, -0.1) is 11.3 Å². The Bertz CT molecular complexity index is 739. The van der Waals surface area contributed by atoms with Gasteiger partial charge in [-0.05, 0) is 56.4 Å². The number of aryl methyl sites for hydroxylation is 1. The zero-order valence-electron chi connectivity index (χ0n) is 13.7. The molecule has 0 aliphatic heterocycles. The summed E-state index contributed by atoms with van der Waals surface area (Å²) >= 11 is 1.73. The van der Waals surface area contributed by atoms with Gasteiger partial charge < -0.3 is 15.3 Å². The van der Waals surface area contributed by atoms with E-state index in [0.717, 1.165) is 48.0 Å². The third kappa shape index (κ3) is 2.93. The van der Waals surface area contributed by atoms with E-state index in [9.17, 15) is 5.11 Å². The topological polar surface area (TPSA) is 79.1 Å². The molecule has 24 heavy (non-hydrogen) atoms. The Morgan fingerprint density at radius 1 is 1.29 bits per heavy atom. The van der Waals surface area contributed by atoms with Gasteiger partial charge >= 0.3 is 0 Å². The maximum Gasteiger partial charge on any atom is 0.225 e. The normalized spacial score (nSPS) is 22.5. The second kappa shape index (κ2) is 6.76. The van der Waals surface area contributed by atoms with E-state index in [1.165, 1.54) is 29.7 Å². The van der Waals surface area contributed by atoms with Crippen LogP contribution in [0.3, 0.4) is 0 Å². The standard InChI is InChI=1S/C18H23N3O2S/c19-9-12(22)8-11-6-7-14-15(11)16-17(20-10-21-18(16)24-14)23-13-4-2-1-3-5-13/h9-13,19,22H,1-8H2/t11-,12?/m1/s1. The molecule has 1 fully saturated rings. The average molecular weight is 345 g/mol. The van der Waals surface area contributed by atoms with Gasteiger partial charge in [0.2, 0.25) is 5.88 Å². The molecule has 0 aromatic carbocycles. The molecule has 2 aliphatic rings. The van der Waals surface area contributed by atoms with Crippen LogP contribution in [0.25, 0.3) is 10.2 Å². The molecule has 5 nitrogen and oxygen atoms in total. The second-order valence-electron chi connectivity index (χ2n) is 6.88. The Labute approximate surface area is 145 Å². The molecule has 4 rings (SSSR count). The van der Waals surface area contributed by atoms with E-state index in [1.54, 1.807) is 17.7 Å². The molecular weight excluding hydrogens is 322 g/mol. The van der Waals surface area contributed by atoms with Gasteiger partial charge in [0, 0.05) is 11.1 Å². The number of aromatic nitrogens is 2. The summed E-state index contributed by atoms with van der Waals surface area (Å²) in [5, 5.41) is 18.2. The Hall–Kier alpha value is -1.53. The highest BCUT2D eigenvalue weighted by atomic mass is 32.1. The predicted octanol–water partition coefficient (Wildman–Crippen LogP) is 3.83. The first kappa shape index (κ1) is 16.0. The van der Waals surface area contributed by atoms with Crippen molar-refractivity contribution in [2.45, 2.75) is 69.5 Å². The first-order chi connectivity index (χ1) is 11.8. The molecule has 2 N–H and O–H groups in total. The van der Waals surface area contributed by atoms with Crippen LogP contribution in [0.15, 0.2) is 6.33 Å². The summed E-state index contributed by atoms with van der Waals surface area (Å²) in [5.74, 6) is 0.991. The van der Waals surface area contributed by atoms with E-state index in [0.29, 0.717) is 6.42 Å². The lowest BCUT2D eigenvalue weighted by molar-refractivity contribution is 0.150. The van der Waals surface area contributed by atoms with Crippen molar-refractivity contribution in [1.29, 1.82) is 5.41 Å². The molecule has 6 heteroatoms. The summed E-state index contributed by atoms with van der Waals surface area (Å²) in [7, 11) is 0. The Morgan fingerprint density at radius 2 is 2.12 bits per heavy atom. The van der Waals surface area contributed by atoms with Crippen molar-refractivity contribution in [2.24, 2.45) is 0 Å². The van der Waals surface area contributed by atoms with Crippen LogP contribution in [0.4, 0.5) is 0 Å². The van der Waals surface area contributed by atoms with Gasteiger partial charge in [-0.25, -0.2) is 9.97 Å². The number of hydrogen-bond donors (Lipinski definition) is 2. The summed E-state index contributed by atoms with van der Waals surface area (Å²) in [4.78, 5) is 11.2. The quantitative estimate of drug-likeness (QED) is 0.807. The van der Waals surface area contributed by atoms with E-state index in [1.807, 2.05) is 0 Å². The van der Waals surface area contributed by atoms with Crippen molar-refractivity contribution in [3.8, 4) is 5.88 Å². The number of rotatable bonds is 5. The first-order valence-electron chi connectivity index (χ1n) is 8.88. The van der Waals surface area contributed by atoms with Crippen molar-refractivity contribution in [2.75, 3.05) is 0 Å². The molecule has 2 aliphatic carbocycles. The van der Waals surface area contributed by atoms with E-state index in [-0.39, 0.29) is 12.0 Å². The molecule has 1 saturated carbocycles. The van der Waals surface area contributed by atoms with Crippen molar-refractivity contribution in [3.63, 3.8) is 0 Å². The predicted molar refractivity (Wildman–Crippen MR) is 95.4 cm³/mol. The van der Waals surface area contributed by atoms with Crippen LogP contribution in [0.2, 0.25) is 0 Å². The fourth-order valence-corrected chi connectivity index (χ4v) is 5.30. The monoisotopic (exact) mass is 345 g/mol. The van der Waals surface area contributed by atoms with Gasteiger partial charge in [0.15, 0.2) is 0 Å². The Kier molecular flexibility index (Phi) is 4.50. The highest BCUT2D eigenvalue weighted by Gasteiger charge is 2.31. The molecule has 2 aromatic rings. The second-order valence-corrected chi connectivity index (χ2v) is 7.96. The van der Waals surface area contributed by atoms with Crippen LogP contribution >= 0.6 is 11.3 Å². The van der Waals surface area contributed by atoms with Crippen LogP contribution < -0.4 is 4.74 Å².